The van der Waals surface area contributed by atoms with E-state index in [-0.39, 0.29) is 35.7 Å². The highest BCUT2D eigenvalue weighted by Crippen LogP contribution is 2.34. The number of nitrogens with zero attached hydrogens (tertiary/aromatic N) is 2. The number of hydrogen-bond donors (Lipinski definition) is 0. The van der Waals surface area contributed by atoms with Gasteiger partial charge in [-0.15, -0.1) is 0 Å². The van der Waals surface area contributed by atoms with Crippen molar-refractivity contribution in [1.82, 2.24) is 4.31 Å². The molecule has 1 unspecified atom stereocenters. The maximum Gasteiger partial charge on any atom is 0.308 e. The molecule has 1 saturated heterocycles. The molecule has 0 N–H and O–H groups in total. The lowest BCUT2D eigenvalue weighted by molar-refractivity contribution is -0.132. The van der Waals surface area contributed by atoms with Crippen LogP contribution in [-0.2, 0) is 30.8 Å². The minimum absolute atomic E-state index is 0.0303. The Hall–Kier alpha value is -3.53. The maximum atomic E-state index is 14.4. The summed E-state index contributed by atoms with van der Waals surface area (Å²) in [5.41, 5.74) is 3.91. The standard InChI is InChI=1S/C30H31ClN2O6S/c1-18-15-19(2)21(4)29(20(18)3)40(37,38)32(14-13-23-7-6-8-24(31)16-23)27-17-28(35)33(30(27)36)25-9-11-26(12-10-25)39-22(5)34/h6-12,15-16,27H,13-14,17H2,1-5H3. The lowest BCUT2D eigenvalue weighted by Gasteiger charge is -2.29. The van der Waals surface area contributed by atoms with E-state index in [2.05, 4.69) is 0 Å². The molecule has 1 fully saturated rings. The average molecular weight is 583 g/mol. The minimum Gasteiger partial charge on any atom is -0.427 e. The molecule has 0 spiro atoms. The normalized spacial score (nSPS) is 15.7. The van der Waals surface area contributed by atoms with Crippen LogP contribution in [0.3, 0.4) is 0 Å². The zero-order valence-corrected chi connectivity index (χ0v) is 24.6. The van der Waals surface area contributed by atoms with Crippen molar-refractivity contribution in [2.24, 2.45) is 0 Å². The molecule has 1 aliphatic rings. The van der Waals surface area contributed by atoms with Gasteiger partial charge in [-0.3, -0.25) is 14.4 Å². The van der Waals surface area contributed by atoms with Crippen LogP contribution in [-0.4, -0.2) is 43.1 Å². The molecule has 40 heavy (non-hydrogen) atoms. The van der Waals surface area contributed by atoms with E-state index in [9.17, 15) is 22.8 Å². The third-order valence-electron chi connectivity index (χ3n) is 7.20. The Kier molecular flexibility index (Phi) is 8.49. The molecule has 210 valence electrons. The lowest BCUT2D eigenvalue weighted by atomic mass is 10.0. The molecular weight excluding hydrogens is 552 g/mol. The first-order valence-electron chi connectivity index (χ1n) is 12.8. The van der Waals surface area contributed by atoms with E-state index >= 15 is 0 Å². The fourth-order valence-electron chi connectivity index (χ4n) is 5.00. The maximum absolute atomic E-state index is 14.4. The predicted octanol–water partition coefficient (Wildman–Crippen LogP) is 5.06. The quantitative estimate of drug-likeness (QED) is 0.209. The van der Waals surface area contributed by atoms with Gasteiger partial charge in [-0.05, 0) is 98.3 Å². The lowest BCUT2D eigenvalue weighted by Crippen LogP contribution is -2.46. The van der Waals surface area contributed by atoms with Crippen molar-refractivity contribution in [3.8, 4) is 5.75 Å². The van der Waals surface area contributed by atoms with E-state index in [4.69, 9.17) is 16.3 Å². The molecule has 1 aliphatic heterocycles. The summed E-state index contributed by atoms with van der Waals surface area (Å²) in [7, 11) is -4.21. The molecule has 1 atom stereocenters. The van der Waals surface area contributed by atoms with Crippen molar-refractivity contribution in [3.05, 3.63) is 87.4 Å². The summed E-state index contributed by atoms with van der Waals surface area (Å²) >= 11 is 6.15. The van der Waals surface area contributed by atoms with E-state index in [0.717, 1.165) is 25.9 Å². The van der Waals surface area contributed by atoms with Crippen molar-refractivity contribution in [3.63, 3.8) is 0 Å². The van der Waals surface area contributed by atoms with Gasteiger partial charge in [-0.2, -0.15) is 4.31 Å². The monoisotopic (exact) mass is 582 g/mol. The van der Waals surface area contributed by atoms with Gasteiger partial charge in [0.1, 0.15) is 11.8 Å². The van der Waals surface area contributed by atoms with Gasteiger partial charge in [0.15, 0.2) is 0 Å². The van der Waals surface area contributed by atoms with Gasteiger partial charge in [-0.1, -0.05) is 29.8 Å². The zero-order valence-electron chi connectivity index (χ0n) is 23.0. The van der Waals surface area contributed by atoms with Crippen LogP contribution in [0.2, 0.25) is 5.02 Å². The Bertz CT molecular complexity index is 1570. The second-order valence-corrected chi connectivity index (χ2v) is 12.2. The summed E-state index contributed by atoms with van der Waals surface area (Å²) in [6.45, 7) is 8.44. The number of anilines is 1. The predicted molar refractivity (Wildman–Crippen MR) is 153 cm³/mol. The fraction of sp³-hybridized carbons (Fsp3) is 0.300. The average Bonchev–Trinajstić information content (AvgIpc) is 3.16. The summed E-state index contributed by atoms with van der Waals surface area (Å²) in [4.78, 5) is 39.3. The van der Waals surface area contributed by atoms with Crippen LogP contribution < -0.4 is 9.64 Å². The molecular formula is C30H31ClN2O6S. The van der Waals surface area contributed by atoms with Gasteiger partial charge in [0, 0.05) is 18.5 Å². The Balaban J connectivity index is 1.75. The number of benzene rings is 3. The van der Waals surface area contributed by atoms with Crippen LogP contribution in [0.1, 0.15) is 41.2 Å². The SMILES string of the molecule is CC(=O)Oc1ccc(N2C(=O)CC(N(CCc3cccc(Cl)c3)S(=O)(=O)c3c(C)c(C)cc(C)c3C)C2=O)cc1. The molecule has 3 aromatic carbocycles. The first-order chi connectivity index (χ1) is 18.8. The van der Waals surface area contributed by atoms with Crippen LogP contribution in [0.5, 0.6) is 5.75 Å². The number of carbonyl (C=O) groups excluding carboxylic acids is 3. The molecule has 4 rings (SSSR count). The van der Waals surface area contributed by atoms with Crippen LogP contribution >= 0.6 is 11.6 Å². The topological polar surface area (TPSA) is 101 Å². The van der Waals surface area contributed by atoms with E-state index in [1.807, 2.05) is 26.0 Å². The van der Waals surface area contributed by atoms with Gasteiger partial charge in [-0.25, -0.2) is 13.3 Å². The van der Waals surface area contributed by atoms with Crippen LogP contribution in [0.15, 0.2) is 59.5 Å². The van der Waals surface area contributed by atoms with Crippen molar-refractivity contribution in [2.75, 3.05) is 11.4 Å². The number of carbonyl (C=O) groups is 3. The first-order valence-corrected chi connectivity index (χ1v) is 14.6. The van der Waals surface area contributed by atoms with E-state index < -0.39 is 33.8 Å². The Morgan fingerprint density at radius 3 is 2.20 bits per heavy atom. The van der Waals surface area contributed by atoms with Crippen molar-refractivity contribution >= 4 is 45.1 Å². The number of sulfonamides is 1. The number of hydrogen-bond acceptors (Lipinski definition) is 6. The molecule has 1 heterocycles. The van der Waals surface area contributed by atoms with Crippen molar-refractivity contribution < 1.29 is 27.5 Å². The summed E-state index contributed by atoms with van der Waals surface area (Å²) in [5, 5.41) is 0.517. The zero-order chi connectivity index (χ0) is 29.4. The second kappa shape index (κ2) is 11.5. The van der Waals surface area contributed by atoms with Gasteiger partial charge in [0.05, 0.1) is 17.0 Å². The number of rotatable bonds is 8. The molecule has 0 radical (unpaired) electrons. The Morgan fingerprint density at radius 1 is 1.00 bits per heavy atom. The summed E-state index contributed by atoms with van der Waals surface area (Å²) < 4.78 is 34.9. The van der Waals surface area contributed by atoms with Crippen molar-refractivity contribution in [2.45, 2.75) is 58.4 Å². The minimum atomic E-state index is -4.21. The molecule has 0 bridgehead atoms. The first kappa shape index (κ1) is 29.5. The number of halogens is 1. The number of amides is 2. The molecule has 10 heteroatoms. The van der Waals surface area contributed by atoms with E-state index in [1.54, 1.807) is 32.0 Å². The third kappa shape index (κ3) is 5.82. The second-order valence-electron chi connectivity index (χ2n) is 9.96. The van der Waals surface area contributed by atoms with E-state index in [1.165, 1.54) is 31.2 Å². The molecule has 8 nitrogen and oxygen atoms in total. The third-order valence-corrected chi connectivity index (χ3v) is 9.62. The number of imide groups is 1. The highest BCUT2D eigenvalue weighted by molar-refractivity contribution is 7.89. The highest BCUT2D eigenvalue weighted by atomic mass is 35.5. The highest BCUT2D eigenvalue weighted by Gasteiger charge is 2.47. The van der Waals surface area contributed by atoms with Crippen LogP contribution in [0.25, 0.3) is 0 Å². The largest absolute Gasteiger partial charge is 0.427 e. The van der Waals surface area contributed by atoms with Crippen molar-refractivity contribution in [1.29, 1.82) is 0 Å². The van der Waals surface area contributed by atoms with E-state index in [0.29, 0.717) is 16.1 Å². The van der Waals surface area contributed by atoms with Gasteiger partial charge in [0.25, 0.3) is 5.91 Å². The van der Waals surface area contributed by atoms with Gasteiger partial charge < -0.3 is 4.74 Å². The summed E-state index contributed by atoms with van der Waals surface area (Å²) in [5.74, 6) is -1.40. The molecule has 2 amide bonds. The molecule has 0 saturated carbocycles. The van der Waals surface area contributed by atoms with Gasteiger partial charge in [0.2, 0.25) is 15.9 Å². The summed E-state index contributed by atoms with van der Waals surface area (Å²) in [6, 6.07) is 13.7. The fourth-order valence-corrected chi connectivity index (χ4v) is 7.38. The Labute approximate surface area is 239 Å². The number of ether oxygens (including phenoxy) is 1. The molecule has 0 aromatic heterocycles. The number of esters is 1. The van der Waals surface area contributed by atoms with Crippen LogP contribution in [0.4, 0.5) is 5.69 Å². The Morgan fingerprint density at radius 2 is 1.62 bits per heavy atom. The van der Waals surface area contributed by atoms with Crippen LogP contribution in [0, 0.1) is 27.7 Å². The number of aryl methyl sites for hydroxylation is 2. The van der Waals surface area contributed by atoms with Gasteiger partial charge >= 0.3 is 5.97 Å². The smallest absolute Gasteiger partial charge is 0.308 e. The molecule has 3 aromatic rings. The molecule has 0 aliphatic carbocycles. The summed E-state index contributed by atoms with van der Waals surface area (Å²) in [6.07, 6.45) is -0.0140.